The van der Waals surface area contributed by atoms with Crippen LogP contribution in [-0.4, -0.2) is 36.3 Å². The molecule has 1 aliphatic carbocycles. The van der Waals surface area contributed by atoms with Crippen LogP contribution >= 0.6 is 0 Å². The molecular formula is C13H18N2O4. The van der Waals surface area contributed by atoms with E-state index in [-0.39, 0.29) is 5.92 Å². The zero-order valence-electron chi connectivity index (χ0n) is 11.0. The number of methoxy groups -OCH3 is 2. The third kappa shape index (κ3) is 3.14. The van der Waals surface area contributed by atoms with E-state index in [0.29, 0.717) is 23.7 Å². The number of carbonyl (C=O) groups is 1. The molecule has 0 bridgehead atoms. The highest BCUT2D eigenvalue weighted by Gasteiger charge is 2.36. The topological polar surface area (TPSA) is 80.7 Å². The molecule has 6 nitrogen and oxygen atoms in total. The van der Waals surface area contributed by atoms with Gasteiger partial charge < -0.3 is 14.6 Å². The van der Waals surface area contributed by atoms with Crippen LogP contribution in [0.15, 0.2) is 12.3 Å². The van der Waals surface area contributed by atoms with Crippen molar-refractivity contribution < 1.29 is 19.4 Å². The molecule has 0 aromatic carbocycles. The number of pyridine rings is 1. The summed E-state index contributed by atoms with van der Waals surface area (Å²) in [5, 5.41) is 12.2. The van der Waals surface area contributed by atoms with Crippen molar-refractivity contribution in [3.8, 4) is 11.5 Å². The van der Waals surface area contributed by atoms with Crippen molar-refractivity contribution in [1.29, 1.82) is 0 Å². The number of carboxylic acids is 1. The fourth-order valence-electron chi connectivity index (χ4n) is 2.07. The quantitative estimate of drug-likeness (QED) is 0.768. The number of hydrogen-bond donors (Lipinski definition) is 2. The number of nitrogens with one attached hydrogen (secondary N) is 1. The maximum atomic E-state index is 11.1. The molecule has 1 heterocycles. The molecule has 1 saturated carbocycles. The smallest absolute Gasteiger partial charge is 0.320 e. The second-order valence-electron chi connectivity index (χ2n) is 4.53. The summed E-state index contributed by atoms with van der Waals surface area (Å²) in [5.41, 5.74) is 0.647. The first-order chi connectivity index (χ1) is 9.17. The number of nitrogens with zero attached hydrogens (tertiary/aromatic N) is 1. The molecule has 2 rings (SSSR count). The summed E-state index contributed by atoms with van der Waals surface area (Å²) in [4.78, 5) is 15.3. The zero-order valence-corrected chi connectivity index (χ0v) is 11.0. The molecule has 1 aliphatic rings. The van der Waals surface area contributed by atoms with E-state index >= 15 is 0 Å². The Morgan fingerprint density at radius 3 is 2.79 bits per heavy atom. The van der Waals surface area contributed by atoms with Gasteiger partial charge in [-0.05, 0) is 18.8 Å². The normalized spacial score (nSPS) is 15.9. The molecule has 2 N–H and O–H groups in total. The highest BCUT2D eigenvalue weighted by atomic mass is 16.5. The molecule has 0 amide bonds. The number of aromatic nitrogens is 1. The number of rotatable bonds is 7. The lowest BCUT2D eigenvalue weighted by Crippen LogP contribution is -2.38. The molecule has 104 valence electrons. The van der Waals surface area contributed by atoms with Gasteiger partial charge in [-0.15, -0.1) is 0 Å². The monoisotopic (exact) mass is 266 g/mol. The van der Waals surface area contributed by atoms with Crippen LogP contribution in [-0.2, 0) is 11.3 Å². The predicted molar refractivity (Wildman–Crippen MR) is 68.3 cm³/mol. The highest BCUT2D eigenvalue weighted by molar-refractivity contribution is 5.74. The Hall–Kier alpha value is -1.82. The van der Waals surface area contributed by atoms with Gasteiger partial charge in [0.15, 0.2) is 11.5 Å². The van der Waals surface area contributed by atoms with Crippen LogP contribution in [0.4, 0.5) is 0 Å². The molecule has 1 unspecified atom stereocenters. The average Bonchev–Trinajstić information content (AvgIpc) is 3.22. The molecule has 0 radical (unpaired) electrons. The third-order valence-electron chi connectivity index (χ3n) is 3.22. The van der Waals surface area contributed by atoms with Crippen LogP contribution in [0.5, 0.6) is 11.5 Å². The Kier molecular flexibility index (Phi) is 4.21. The fraction of sp³-hybridized carbons (Fsp3) is 0.538. The largest absolute Gasteiger partial charge is 0.493 e. The zero-order chi connectivity index (χ0) is 13.8. The van der Waals surface area contributed by atoms with E-state index in [2.05, 4.69) is 10.3 Å². The third-order valence-corrected chi connectivity index (χ3v) is 3.22. The van der Waals surface area contributed by atoms with Crippen LogP contribution < -0.4 is 14.8 Å². The Morgan fingerprint density at radius 2 is 2.26 bits per heavy atom. The summed E-state index contributed by atoms with van der Waals surface area (Å²) in [5.74, 6) is 0.545. The Morgan fingerprint density at radius 1 is 1.53 bits per heavy atom. The van der Waals surface area contributed by atoms with Crippen LogP contribution in [0.1, 0.15) is 18.5 Å². The molecule has 0 aliphatic heterocycles. The Labute approximate surface area is 111 Å². The maximum absolute atomic E-state index is 11.1. The standard InChI is InChI=1S/C13H18N2O4/c1-18-10-5-6-14-9(12(10)19-2)7-15-11(13(16)17)8-3-4-8/h5-6,8,11,15H,3-4,7H2,1-2H3,(H,16,17). The van der Waals surface area contributed by atoms with Crippen molar-refractivity contribution in [2.24, 2.45) is 5.92 Å². The molecule has 0 saturated heterocycles. The lowest BCUT2D eigenvalue weighted by atomic mass is 10.2. The van der Waals surface area contributed by atoms with Crippen molar-refractivity contribution in [3.63, 3.8) is 0 Å². The molecule has 1 aromatic heterocycles. The summed E-state index contributed by atoms with van der Waals surface area (Å²) in [6.07, 6.45) is 3.55. The first-order valence-corrected chi connectivity index (χ1v) is 6.19. The number of aliphatic carboxylic acids is 1. The molecule has 1 aromatic rings. The fourth-order valence-corrected chi connectivity index (χ4v) is 2.07. The van der Waals surface area contributed by atoms with E-state index in [1.165, 1.54) is 0 Å². The van der Waals surface area contributed by atoms with Crippen LogP contribution in [0.25, 0.3) is 0 Å². The van der Waals surface area contributed by atoms with Crippen LogP contribution in [0.3, 0.4) is 0 Å². The summed E-state index contributed by atoms with van der Waals surface area (Å²) >= 11 is 0. The lowest BCUT2D eigenvalue weighted by molar-refractivity contribution is -0.140. The summed E-state index contributed by atoms with van der Waals surface area (Å²) in [6.45, 7) is 0.341. The van der Waals surface area contributed by atoms with E-state index in [9.17, 15) is 4.79 Å². The highest BCUT2D eigenvalue weighted by Crippen LogP contribution is 2.33. The van der Waals surface area contributed by atoms with Crippen molar-refractivity contribution in [1.82, 2.24) is 10.3 Å². The minimum atomic E-state index is -0.815. The minimum absolute atomic E-state index is 0.231. The van der Waals surface area contributed by atoms with Crippen molar-refractivity contribution in [3.05, 3.63) is 18.0 Å². The first kappa shape index (κ1) is 13.6. The Balaban J connectivity index is 2.08. The van der Waals surface area contributed by atoms with E-state index in [1.54, 1.807) is 26.5 Å². The molecule has 1 fully saturated rings. The van der Waals surface area contributed by atoms with Gasteiger partial charge in [0.25, 0.3) is 0 Å². The van der Waals surface area contributed by atoms with Crippen molar-refractivity contribution in [2.75, 3.05) is 14.2 Å². The summed E-state index contributed by atoms with van der Waals surface area (Å²) in [6, 6.07) is 1.19. The Bertz CT molecular complexity index is 460. The van der Waals surface area contributed by atoms with Crippen molar-refractivity contribution >= 4 is 5.97 Å². The van der Waals surface area contributed by atoms with E-state index in [1.807, 2.05) is 0 Å². The van der Waals surface area contributed by atoms with Gasteiger partial charge in [0.2, 0.25) is 0 Å². The van der Waals surface area contributed by atoms with Gasteiger partial charge >= 0.3 is 5.97 Å². The van der Waals surface area contributed by atoms with Gasteiger partial charge in [-0.25, -0.2) is 0 Å². The van der Waals surface area contributed by atoms with E-state index in [4.69, 9.17) is 14.6 Å². The number of hydrogen-bond acceptors (Lipinski definition) is 5. The second-order valence-corrected chi connectivity index (χ2v) is 4.53. The maximum Gasteiger partial charge on any atom is 0.320 e. The average molecular weight is 266 g/mol. The van der Waals surface area contributed by atoms with E-state index in [0.717, 1.165) is 12.8 Å². The van der Waals surface area contributed by atoms with Gasteiger partial charge in [0.1, 0.15) is 6.04 Å². The van der Waals surface area contributed by atoms with Crippen LogP contribution in [0, 0.1) is 5.92 Å². The SMILES string of the molecule is COc1ccnc(CNC(C(=O)O)C2CC2)c1OC. The first-order valence-electron chi connectivity index (χ1n) is 6.19. The van der Waals surface area contributed by atoms with Crippen molar-refractivity contribution in [2.45, 2.75) is 25.4 Å². The molecule has 0 spiro atoms. The van der Waals surface area contributed by atoms with E-state index < -0.39 is 12.0 Å². The predicted octanol–water partition coefficient (Wildman–Crippen LogP) is 1.05. The molecule has 1 atom stereocenters. The summed E-state index contributed by atoms with van der Waals surface area (Å²) < 4.78 is 10.4. The number of ether oxygens (including phenoxy) is 2. The molecular weight excluding hydrogens is 248 g/mol. The van der Waals surface area contributed by atoms with Gasteiger partial charge in [0, 0.05) is 18.8 Å². The van der Waals surface area contributed by atoms with Crippen LogP contribution in [0.2, 0.25) is 0 Å². The minimum Gasteiger partial charge on any atom is -0.493 e. The van der Waals surface area contributed by atoms with Gasteiger partial charge in [0.05, 0.1) is 19.9 Å². The number of carboxylic acid groups (broad SMARTS) is 1. The van der Waals surface area contributed by atoms with Gasteiger partial charge in [-0.3, -0.25) is 15.1 Å². The molecule has 19 heavy (non-hydrogen) atoms. The summed E-state index contributed by atoms with van der Waals surface area (Å²) in [7, 11) is 3.10. The van der Waals surface area contributed by atoms with Gasteiger partial charge in [-0.1, -0.05) is 0 Å². The lowest BCUT2D eigenvalue weighted by Gasteiger charge is -2.15. The second kappa shape index (κ2) is 5.88. The van der Waals surface area contributed by atoms with Gasteiger partial charge in [-0.2, -0.15) is 0 Å². The molecule has 6 heteroatoms.